The Hall–Kier alpha value is -2.73. The minimum atomic E-state index is -0.953. The van der Waals surface area contributed by atoms with Gasteiger partial charge in [-0.3, -0.25) is 9.59 Å². The van der Waals surface area contributed by atoms with E-state index >= 15 is 4.39 Å². The van der Waals surface area contributed by atoms with Gasteiger partial charge < -0.3 is 15.2 Å². The molecule has 0 spiro atoms. The summed E-state index contributed by atoms with van der Waals surface area (Å²) in [6.07, 6.45) is 1.52. The van der Waals surface area contributed by atoms with E-state index in [0.29, 0.717) is 35.3 Å². The zero-order chi connectivity index (χ0) is 21.2. The van der Waals surface area contributed by atoms with Crippen molar-refractivity contribution in [1.29, 1.82) is 0 Å². The Balaban J connectivity index is 0.00000145. The van der Waals surface area contributed by atoms with E-state index in [1.54, 1.807) is 42.5 Å². The largest absolute Gasteiger partial charge is 0.492 e. The van der Waals surface area contributed by atoms with Crippen molar-refractivity contribution in [3.05, 3.63) is 53.8 Å². The molecule has 1 aliphatic rings. The normalized spacial score (nSPS) is 16.0. The second-order valence-corrected chi connectivity index (χ2v) is 6.55. The van der Waals surface area contributed by atoms with Crippen molar-refractivity contribution in [2.45, 2.75) is 45.6 Å². The number of aliphatic carboxylic acids is 1. The molecule has 2 aromatic rings. The van der Waals surface area contributed by atoms with Gasteiger partial charge in [0.1, 0.15) is 17.3 Å². The average molecular weight is 401 g/mol. The molecule has 1 fully saturated rings. The van der Waals surface area contributed by atoms with Crippen molar-refractivity contribution in [2.24, 2.45) is 0 Å². The summed E-state index contributed by atoms with van der Waals surface area (Å²) in [5, 5.41) is 11.9. The van der Waals surface area contributed by atoms with Crippen LogP contribution in [-0.2, 0) is 16.0 Å². The number of carboxylic acid groups (broad SMARTS) is 1. The van der Waals surface area contributed by atoms with Crippen molar-refractivity contribution in [3.63, 3.8) is 0 Å². The molecular formula is C23H28FNO4. The van der Waals surface area contributed by atoms with E-state index in [4.69, 9.17) is 9.84 Å². The highest BCUT2D eigenvalue weighted by Gasteiger charge is 2.24. The summed E-state index contributed by atoms with van der Waals surface area (Å²) in [5.41, 5.74) is 1.41. The van der Waals surface area contributed by atoms with Gasteiger partial charge in [0.05, 0.1) is 19.1 Å². The zero-order valence-corrected chi connectivity index (χ0v) is 16.9. The zero-order valence-electron chi connectivity index (χ0n) is 16.9. The summed E-state index contributed by atoms with van der Waals surface area (Å²) in [6, 6.07) is 11.7. The van der Waals surface area contributed by atoms with E-state index in [0.717, 1.165) is 13.0 Å². The molecule has 29 heavy (non-hydrogen) atoms. The average Bonchev–Trinajstić information content (AvgIpc) is 2.73. The van der Waals surface area contributed by atoms with Gasteiger partial charge in [0.15, 0.2) is 0 Å². The molecular weight excluding hydrogens is 373 g/mol. The molecule has 156 valence electrons. The van der Waals surface area contributed by atoms with Crippen LogP contribution in [0.2, 0.25) is 0 Å². The van der Waals surface area contributed by atoms with Crippen LogP contribution in [0.5, 0.6) is 5.75 Å². The Morgan fingerprint density at radius 1 is 1.17 bits per heavy atom. The van der Waals surface area contributed by atoms with Crippen molar-refractivity contribution in [3.8, 4) is 16.9 Å². The number of benzene rings is 2. The molecule has 6 heteroatoms. The summed E-state index contributed by atoms with van der Waals surface area (Å²) >= 11 is 0. The quantitative estimate of drug-likeness (QED) is 0.726. The van der Waals surface area contributed by atoms with Crippen molar-refractivity contribution in [2.75, 3.05) is 13.2 Å². The van der Waals surface area contributed by atoms with Crippen LogP contribution in [0.3, 0.4) is 0 Å². The maximum atomic E-state index is 15.2. The lowest BCUT2D eigenvalue weighted by molar-refractivity contribution is -0.137. The number of ketones is 1. The maximum Gasteiger partial charge on any atom is 0.306 e. The number of carbonyl (C=O) groups excluding carboxylic acids is 1. The fraction of sp³-hybridized carbons (Fsp3) is 0.391. The number of para-hydroxylation sites is 1. The van der Waals surface area contributed by atoms with Gasteiger partial charge in [-0.2, -0.15) is 0 Å². The smallest absolute Gasteiger partial charge is 0.306 e. The van der Waals surface area contributed by atoms with Crippen molar-refractivity contribution >= 4 is 11.8 Å². The SMILES string of the molecule is CC.O=C(O)CCOc1ccccc1-c1cccc(CC2NCCCC2=O)c1F. The van der Waals surface area contributed by atoms with Crippen LogP contribution in [0.15, 0.2) is 42.5 Å². The topological polar surface area (TPSA) is 75.6 Å². The number of Topliss-reactive ketones (excluding diaryl/α,β-unsaturated/α-hetero) is 1. The molecule has 0 saturated carbocycles. The van der Waals surface area contributed by atoms with Gasteiger partial charge in [0.2, 0.25) is 0 Å². The number of carbonyl (C=O) groups is 2. The summed E-state index contributed by atoms with van der Waals surface area (Å²) < 4.78 is 20.7. The number of halogens is 1. The Labute approximate surface area is 170 Å². The number of hydrogen-bond donors (Lipinski definition) is 2. The summed E-state index contributed by atoms with van der Waals surface area (Å²) in [4.78, 5) is 22.7. The van der Waals surface area contributed by atoms with Gasteiger partial charge in [-0.25, -0.2) is 4.39 Å². The molecule has 1 atom stereocenters. The summed E-state index contributed by atoms with van der Waals surface area (Å²) in [6.45, 7) is 4.77. The number of hydrogen-bond acceptors (Lipinski definition) is 4. The highest BCUT2D eigenvalue weighted by atomic mass is 19.1. The Bertz CT molecular complexity index is 837. The first kappa shape index (κ1) is 22.6. The molecule has 3 rings (SSSR count). The molecule has 1 heterocycles. The van der Waals surface area contributed by atoms with E-state index in [2.05, 4.69) is 5.32 Å². The first-order valence-electron chi connectivity index (χ1n) is 10.0. The highest BCUT2D eigenvalue weighted by molar-refractivity contribution is 5.85. The molecule has 1 aliphatic heterocycles. The molecule has 0 aromatic heterocycles. The second kappa shape index (κ2) is 11.3. The number of nitrogens with one attached hydrogen (secondary N) is 1. The Morgan fingerprint density at radius 2 is 1.90 bits per heavy atom. The van der Waals surface area contributed by atoms with E-state index in [9.17, 15) is 9.59 Å². The molecule has 0 aliphatic carbocycles. The van der Waals surface area contributed by atoms with Crippen LogP contribution in [0.25, 0.3) is 11.1 Å². The minimum absolute atomic E-state index is 0.00809. The van der Waals surface area contributed by atoms with E-state index < -0.39 is 5.97 Å². The van der Waals surface area contributed by atoms with Crippen LogP contribution in [0.1, 0.15) is 38.7 Å². The predicted molar refractivity (Wildman–Crippen MR) is 111 cm³/mol. The molecule has 1 saturated heterocycles. The van der Waals surface area contributed by atoms with Gasteiger partial charge in [0.25, 0.3) is 0 Å². The molecule has 0 amide bonds. The number of carboxylic acids is 1. The number of ether oxygens (including phenoxy) is 1. The maximum absolute atomic E-state index is 15.2. The van der Waals surface area contributed by atoms with Crippen LogP contribution in [-0.4, -0.2) is 36.1 Å². The van der Waals surface area contributed by atoms with E-state index in [-0.39, 0.29) is 30.7 Å². The fourth-order valence-electron chi connectivity index (χ4n) is 3.24. The first-order chi connectivity index (χ1) is 14.1. The number of rotatable bonds is 7. The molecule has 2 aromatic carbocycles. The fourth-order valence-corrected chi connectivity index (χ4v) is 3.24. The third-order valence-corrected chi connectivity index (χ3v) is 4.63. The second-order valence-electron chi connectivity index (χ2n) is 6.55. The minimum Gasteiger partial charge on any atom is -0.492 e. The standard InChI is InChI=1S/C21H22FNO4.C2H6/c22-21-14(13-17-18(24)8-4-11-23-17)5-3-7-16(21)15-6-1-2-9-19(15)27-12-10-20(25)26;1-2/h1-3,5-7,9,17,23H,4,8,10-13H2,(H,25,26);1-2H3. The van der Waals surface area contributed by atoms with E-state index in [1.807, 2.05) is 13.8 Å². The molecule has 5 nitrogen and oxygen atoms in total. The van der Waals surface area contributed by atoms with E-state index in [1.165, 1.54) is 0 Å². The lowest BCUT2D eigenvalue weighted by atomic mass is 9.93. The van der Waals surface area contributed by atoms with Crippen molar-refractivity contribution in [1.82, 2.24) is 5.32 Å². The van der Waals surface area contributed by atoms with Crippen LogP contribution in [0.4, 0.5) is 4.39 Å². The molecule has 0 bridgehead atoms. The van der Waals surface area contributed by atoms with Gasteiger partial charge >= 0.3 is 5.97 Å². The third kappa shape index (κ3) is 6.12. The predicted octanol–water partition coefficient (Wildman–Crippen LogP) is 4.24. The molecule has 2 N–H and O–H groups in total. The van der Waals surface area contributed by atoms with Gasteiger partial charge in [-0.05, 0) is 31.0 Å². The Kier molecular flexibility index (Phi) is 8.80. The monoisotopic (exact) mass is 401 g/mol. The number of piperidine rings is 1. The van der Waals surface area contributed by atoms with Gasteiger partial charge in [0, 0.05) is 17.5 Å². The lowest BCUT2D eigenvalue weighted by Gasteiger charge is -2.23. The van der Waals surface area contributed by atoms with Gasteiger partial charge in [-0.15, -0.1) is 0 Å². The Morgan fingerprint density at radius 3 is 2.62 bits per heavy atom. The van der Waals surface area contributed by atoms with Crippen molar-refractivity contribution < 1.29 is 23.8 Å². The van der Waals surface area contributed by atoms with Crippen LogP contribution in [0, 0.1) is 5.82 Å². The van der Waals surface area contributed by atoms with Crippen LogP contribution >= 0.6 is 0 Å². The van der Waals surface area contributed by atoms with Crippen LogP contribution < -0.4 is 10.1 Å². The summed E-state index contributed by atoms with van der Waals surface area (Å²) in [5.74, 6) is -0.789. The molecule has 1 unspecified atom stereocenters. The summed E-state index contributed by atoms with van der Waals surface area (Å²) in [7, 11) is 0. The van der Waals surface area contributed by atoms with Gasteiger partial charge in [-0.1, -0.05) is 50.2 Å². The highest BCUT2D eigenvalue weighted by Crippen LogP contribution is 2.33. The molecule has 0 radical (unpaired) electrons. The first-order valence-corrected chi connectivity index (χ1v) is 10.0. The third-order valence-electron chi connectivity index (χ3n) is 4.63. The lowest BCUT2D eigenvalue weighted by Crippen LogP contribution is -2.43.